The van der Waals surface area contributed by atoms with Crippen LogP contribution in [-0.2, 0) is 0 Å². The lowest BCUT2D eigenvalue weighted by Gasteiger charge is -2.19. The summed E-state index contributed by atoms with van der Waals surface area (Å²) in [5.74, 6) is 0.345. The summed E-state index contributed by atoms with van der Waals surface area (Å²) in [6.07, 6.45) is 1.63. The van der Waals surface area contributed by atoms with Crippen LogP contribution in [0.2, 0.25) is 10.0 Å². The van der Waals surface area contributed by atoms with Crippen molar-refractivity contribution in [1.29, 1.82) is 0 Å². The van der Waals surface area contributed by atoms with Gasteiger partial charge in [-0.2, -0.15) is 0 Å². The zero-order valence-corrected chi connectivity index (χ0v) is 10.9. The lowest BCUT2D eigenvalue weighted by atomic mass is 9.99. The standard InChI is InChI=1S/C11H13Cl2NO.ClH/c12-8-3-7(4-9(13)5-8)10(14)11(15)6-1-2-6;/h3-6,10-11,15H,1-2,14H2;1H/t10-,11+;/m0./s1. The number of rotatable bonds is 3. The first kappa shape index (κ1) is 14.1. The van der Waals surface area contributed by atoms with Crippen molar-refractivity contribution < 1.29 is 5.11 Å². The Bertz CT molecular complexity index is 348. The molecular formula is C11H14Cl3NO. The molecule has 0 saturated heterocycles. The zero-order valence-electron chi connectivity index (χ0n) is 8.57. The van der Waals surface area contributed by atoms with Gasteiger partial charge >= 0.3 is 0 Å². The monoisotopic (exact) mass is 281 g/mol. The van der Waals surface area contributed by atoms with Gasteiger partial charge in [-0.25, -0.2) is 0 Å². The predicted octanol–water partition coefficient (Wildman–Crippen LogP) is 3.19. The average Bonchev–Trinajstić information content (AvgIpc) is 2.97. The van der Waals surface area contributed by atoms with Crippen molar-refractivity contribution in [3.63, 3.8) is 0 Å². The molecule has 0 unspecified atom stereocenters. The first-order valence-electron chi connectivity index (χ1n) is 4.97. The Kier molecular flexibility index (Phi) is 4.89. The number of hydrogen-bond donors (Lipinski definition) is 2. The summed E-state index contributed by atoms with van der Waals surface area (Å²) in [4.78, 5) is 0. The van der Waals surface area contributed by atoms with Crippen molar-refractivity contribution in [2.24, 2.45) is 11.7 Å². The molecule has 2 nitrogen and oxygen atoms in total. The van der Waals surface area contributed by atoms with Gasteiger partial charge in [-0.15, -0.1) is 12.4 Å². The molecule has 0 heterocycles. The summed E-state index contributed by atoms with van der Waals surface area (Å²) >= 11 is 11.7. The van der Waals surface area contributed by atoms with E-state index in [4.69, 9.17) is 28.9 Å². The minimum atomic E-state index is -0.487. The number of hydrogen-bond acceptors (Lipinski definition) is 2. The minimum Gasteiger partial charge on any atom is -0.391 e. The molecule has 2 atom stereocenters. The van der Waals surface area contributed by atoms with Gasteiger partial charge in [-0.3, -0.25) is 0 Å². The molecule has 0 bridgehead atoms. The van der Waals surface area contributed by atoms with Crippen LogP contribution in [0, 0.1) is 5.92 Å². The Morgan fingerprint density at radius 1 is 1.19 bits per heavy atom. The van der Waals surface area contributed by atoms with Crippen molar-refractivity contribution in [3.05, 3.63) is 33.8 Å². The molecule has 1 fully saturated rings. The molecule has 1 saturated carbocycles. The van der Waals surface area contributed by atoms with Crippen LogP contribution >= 0.6 is 35.6 Å². The van der Waals surface area contributed by atoms with Gasteiger partial charge in [0.1, 0.15) is 0 Å². The van der Waals surface area contributed by atoms with Crippen molar-refractivity contribution in [2.75, 3.05) is 0 Å². The molecule has 1 aromatic rings. The van der Waals surface area contributed by atoms with Gasteiger partial charge in [-0.1, -0.05) is 23.2 Å². The second kappa shape index (κ2) is 5.56. The van der Waals surface area contributed by atoms with Gasteiger partial charge in [0, 0.05) is 10.0 Å². The van der Waals surface area contributed by atoms with E-state index in [1.807, 2.05) is 0 Å². The largest absolute Gasteiger partial charge is 0.391 e. The van der Waals surface area contributed by atoms with Crippen molar-refractivity contribution in [2.45, 2.75) is 25.0 Å². The highest BCUT2D eigenvalue weighted by Crippen LogP contribution is 2.37. The minimum absolute atomic E-state index is 0. The Morgan fingerprint density at radius 3 is 2.12 bits per heavy atom. The van der Waals surface area contributed by atoms with Crippen molar-refractivity contribution in [1.82, 2.24) is 0 Å². The van der Waals surface area contributed by atoms with E-state index in [1.165, 1.54) is 0 Å². The van der Waals surface area contributed by atoms with Gasteiger partial charge in [0.05, 0.1) is 12.1 Å². The van der Waals surface area contributed by atoms with Gasteiger partial charge in [-0.05, 0) is 42.5 Å². The van der Waals surface area contributed by atoms with Crippen LogP contribution in [0.25, 0.3) is 0 Å². The molecule has 0 spiro atoms. The van der Waals surface area contributed by atoms with Crippen molar-refractivity contribution in [3.8, 4) is 0 Å². The fraction of sp³-hybridized carbons (Fsp3) is 0.455. The molecule has 3 N–H and O–H groups in total. The van der Waals surface area contributed by atoms with E-state index in [9.17, 15) is 5.11 Å². The normalized spacial score (nSPS) is 18.8. The Balaban J connectivity index is 0.00000128. The molecule has 1 aromatic carbocycles. The number of benzene rings is 1. The summed E-state index contributed by atoms with van der Waals surface area (Å²) in [7, 11) is 0. The molecule has 1 aliphatic carbocycles. The first-order chi connectivity index (χ1) is 7.08. The van der Waals surface area contributed by atoms with Crippen LogP contribution in [0.15, 0.2) is 18.2 Å². The Morgan fingerprint density at radius 2 is 1.69 bits per heavy atom. The molecule has 90 valence electrons. The number of aliphatic hydroxyl groups excluding tert-OH is 1. The van der Waals surface area contributed by atoms with E-state index >= 15 is 0 Å². The van der Waals surface area contributed by atoms with Crippen LogP contribution in [0.3, 0.4) is 0 Å². The summed E-state index contributed by atoms with van der Waals surface area (Å²) in [5, 5.41) is 11.0. The van der Waals surface area contributed by atoms with E-state index in [0.717, 1.165) is 18.4 Å². The lowest BCUT2D eigenvalue weighted by Crippen LogP contribution is -2.27. The number of aliphatic hydroxyl groups is 1. The van der Waals surface area contributed by atoms with Crippen molar-refractivity contribution >= 4 is 35.6 Å². The fourth-order valence-corrected chi connectivity index (χ4v) is 2.24. The fourth-order valence-electron chi connectivity index (χ4n) is 1.70. The molecule has 0 radical (unpaired) electrons. The highest BCUT2D eigenvalue weighted by atomic mass is 35.5. The third-order valence-electron chi connectivity index (χ3n) is 2.74. The average molecular weight is 283 g/mol. The van der Waals surface area contributed by atoms with Gasteiger partial charge in [0.25, 0.3) is 0 Å². The summed E-state index contributed by atoms with van der Waals surface area (Å²) in [6, 6.07) is 4.77. The Hall–Kier alpha value is 0.01000. The second-order valence-corrected chi connectivity index (χ2v) is 4.93. The van der Waals surface area contributed by atoms with E-state index in [1.54, 1.807) is 18.2 Å². The van der Waals surface area contributed by atoms with Crippen LogP contribution < -0.4 is 5.73 Å². The topological polar surface area (TPSA) is 46.2 Å². The summed E-state index contributed by atoms with van der Waals surface area (Å²) in [5.41, 5.74) is 6.75. The van der Waals surface area contributed by atoms with Gasteiger partial charge in [0.15, 0.2) is 0 Å². The molecule has 16 heavy (non-hydrogen) atoms. The maximum absolute atomic E-state index is 9.88. The van der Waals surface area contributed by atoms with E-state index in [-0.39, 0.29) is 12.4 Å². The first-order valence-corrected chi connectivity index (χ1v) is 5.73. The SMILES string of the molecule is Cl.N[C@@H](c1cc(Cl)cc(Cl)c1)[C@H](O)C1CC1. The lowest BCUT2D eigenvalue weighted by molar-refractivity contribution is 0.122. The highest BCUT2D eigenvalue weighted by Gasteiger charge is 2.34. The zero-order chi connectivity index (χ0) is 11.0. The Labute approximate surface area is 111 Å². The van der Waals surface area contributed by atoms with Crippen LogP contribution in [0.5, 0.6) is 0 Å². The summed E-state index contributed by atoms with van der Waals surface area (Å²) in [6.45, 7) is 0. The third kappa shape index (κ3) is 3.25. The quantitative estimate of drug-likeness (QED) is 0.894. The smallest absolute Gasteiger partial charge is 0.0760 e. The summed E-state index contributed by atoms with van der Waals surface area (Å²) < 4.78 is 0. The second-order valence-electron chi connectivity index (χ2n) is 4.06. The predicted molar refractivity (Wildman–Crippen MR) is 69.4 cm³/mol. The molecule has 0 aromatic heterocycles. The molecule has 0 aliphatic heterocycles. The molecule has 2 rings (SSSR count). The highest BCUT2D eigenvalue weighted by molar-refractivity contribution is 6.34. The maximum Gasteiger partial charge on any atom is 0.0760 e. The third-order valence-corrected chi connectivity index (χ3v) is 3.18. The van der Waals surface area contributed by atoms with E-state index in [0.29, 0.717) is 16.0 Å². The van der Waals surface area contributed by atoms with Crippen LogP contribution in [-0.4, -0.2) is 11.2 Å². The van der Waals surface area contributed by atoms with Crippen LogP contribution in [0.4, 0.5) is 0 Å². The van der Waals surface area contributed by atoms with E-state index in [2.05, 4.69) is 0 Å². The van der Waals surface area contributed by atoms with Gasteiger partial charge in [0.2, 0.25) is 0 Å². The van der Waals surface area contributed by atoms with Crippen LogP contribution in [0.1, 0.15) is 24.4 Å². The number of halogens is 3. The molecule has 0 amide bonds. The van der Waals surface area contributed by atoms with Gasteiger partial charge < -0.3 is 10.8 Å². The maximum atomic E-state index is 9.88. The number of nitrogens with two attached hydrogens (primary N) is 1. The molecular weight excluding hydrogens is 268 g/mol. The van der Waals surface area contributed by atoms with E-state index < -0.39 is 12.1 Å². The molecule has 5 heteroatoms. The molecule has 1 aliphatic rings.